The molecule has 22 heavy (non-hydrogen) atoms. The minimum atomic E-state index is -3.39. The van der Waals surface area contributed by atoms with Crippen molar-refractivity contribution in [3.8, 4) is 0 Å². The summed E-state index contributed by atoms with van der Waals surface area (Å²) in [6, 6.07) is 1.63. The Balaban J connectivity index is 1.77. The smallest absolute Gasteiger partial charge is 0.252 e. The van der Waals surface area contributed by atoms with E-state index in [1.54, 1.807) is 10.4 Å². The van der Waals surface area contributed by atoms with Crippen LogP contribution in [0, 0.1) is 12.8 Å². The number of nitrogens with zero attached hydrogens (tertiary/aromatic N) is 1. The Kier molecular flexibility index (Phi) is 4.56. The molecule has 1 aromatic rings. The highest BCUT2D eigenvalue weighted by atomic mass is 32.2. The third-order valence-electron chi connectivity index (χ3n) is 4.54. The van der Waals surface area contributed by atoms with Crippen LogP contribution >= 0.6 is 11.3 Å². The first-order valence-electron chi connectivity index (χ1n) is 7.90. The fourth-order valence-electron chi connectivity index (χ4n) is 3.18. The molecule has 0 unspecified atom stereocenters. The first kappa shape index (κ1) is 16.0. The van der Waals surface area contributed by atoms with Crippen molar-refractivity contribution >= 4 is 33.0 Å². The fourth-order valence-corrected chi connectivity index (χ4v) is 6.26. The van der Waals surface area contributed by atoms with E-state index in [0.29, 0.717) is 23.0 Å². The summed E-state index contributed by atoms with van der Waals surface area (Å²) in [5.74, 6) is 0.112. The number of nitrogens with one attached hydrogen (secondary N) is 1. The van der Waals surface area contributed by atoms with Crippen LogP contribution in [-0.2, 0) is 14.8 Å². The first-order chi connectivity index (χ1) is 10.5. The van der Waals surface area contributed by atoms with Crippen LogP contribution in [0.1, 0.15) is 43.4 Å². The maximum Gasteiger partial charge on any atom is 0.252 e. The fraction of sp³-hybridized carbons (Fsp3) is 0.667. The summed E-state index contributed by atoms with van der Waals surface area (Å²) in [6.07, 6.45) is 5.94. The first-order valence-corrected chi connectivity index (χ1v) is 10.2. The summed E-state index contributed by atoms with van der Waals surface area (Å²) >= 11 is 1.25. The third-order valence-corrected chi connectivity index (χ3v) is 7.94. The van der Waals surface area contributed by atoms with Gasteiger partial charge in [-0.05, 0) is 38.7 Å². The molecular weight excluding hydrogens is 320 g/mol. The molecule has 0 aromatic carbocycles. The molecule has 1 saturated carbocycles. The predicted molar refractivity (Wildman–Crippen MR) is 87.6 cm³/mol. The molecule has 5 nitrogen and oxygen atoms in total. The van der Waals surface area contributed by atoms with Crippen molar-refractivity contribution in [2.24, 2.45) is 5.92 Å². The Morgan fingerprint density at radius 1 is 1.23 bits per heavy atom. The van der Waals surface area contributed by atoms with E-state index in [1.165, 1.54) is 11.3 Å². The monoisotopic (exact) mass is 342 g/mol. The van der Waals surface area contributed by atoms with Gasteiger partial charge < -0.3 is 5.32 Å². The van der Waals surface area contributed by atoms with Gasteiger partial charge in [0.2, 0.25) is 5.91 Å². The number of sulfonamides is 1. The summed E-state index contributed by atoms with van der Waals surface area (Å²) in [4.78, 5) is 13.1. The molecule has 0 radical (unpaired) electrons. The van der Waals surface area contributed by atoms with Gasteiger partial charge in [0.1, 0.15) is 4.21 Å². The number of hydrogen-bond donors (Lipinski definition) is 1. The number of carbonyl (C=O) groups excluding carboxylic acids is 1. The van der Waals surface area contributed by atoms with Crippen molar-refractivity contribution in [1.82, 2.24) is 4.31 Å². The maximum absolute atomic E-state index is 12.6. The number of thiophene rings is 1. The zero-order valence-corrected chi connectivity index (χ0v) is 14.4. The number of amides is 1. The standard InChI is InChI=1S/C15H22N2O3S2/c1-11-13(16-15(18)12-6-2-3-7-12)10-14(21-11)22(19,20)17-8-4-5-9-17/h10,12H,2-9H2,1H3,(H,16,18). The van der Waals surface area contributed by atoms with E-state index in [-0.39, 0.29) is 11.8 Å². The van der Waals surface area contributed by atoms with Gasteiger partial charge in [0.05, 0.1) is 5.69 Å². The zero-order chi connectivity index (χ0) is 15.7. The largest absolute Gasteiger partial charge is 0.325 e. The quantitative estimate of drug-likeness (QED) is 0.915. The van der Waals surface area contributed by atoms with Gasteiger partial charge in [0.25, 0.3) is 10.0 Å². The number of hydrogen-bond acceptors (Lipinski definition) is 4. The normalized spacial score (nSPS) is 20.6. The lowest BCUT2D eigenvalue weighted by molar-refractivity contribution is -0.119. The third kappa shape index (κ3) is 3.07. The molecule has 2 heterocycles. The zero-order valence-electron chi connectivity index (χ0n) is 12.8. The molecule has 1 saturated heterocycles. The van der Waals surface area contributed by atoms with Crippen LogP contribution in [0.25, 0.3) is 0 Å². The van der Waals surface area contributed by atoms with Crippen LogP contribution in [0.2, 0.25) is 0 Å². The highest BCUT2D eigenvalue weighted by molar-refractivity contribution is 7.91. The van der Waals surface area contributed by atoms with E-state index < -0.39 is 10.0 Å². The molecule has 1 aromatic heterocycles. The SMILES string of the molecule is Cc1sc(S(=O)(=O)N2CCCC2)cc1NC(=O)C1CCCC1. The van der Waals surface area contributed by atoms with E-state index in [2.05, 4.69) is 5.32 Å². The second kappa shape index (κ2) is 6.29. The second-order valence-electron chi connectivity index (χ2n) is 6.12. The van der Waals surface area contributed by atoms with Crippen LogP contribution in [0.15, 0.2) is 10.3 Å². The summed E-state index contributed by atoms with van der Waals surface area (Å²) in [5.41, 5.74) is 0.652. The van der Waals surface area contributed by atoms with Crippen LogP contribution in [0.4, 0.5) is 5.69 Å². The Hall–Kier alpha value is -0.920. The predicted octanol–water partition coefficient (Wildman–Crippen LogP) is 2.97. The number of carbonyl (C=O) groups is 1. The average molecular weight is 342 g/mol. The van der Waals surface area contributed by atoms with Crippen molar-refractivity contribution in [3.05, 3.63) is 10.9 Å². The van der Waals surface area contributed by atoms with Crippen molar-refractivity contribution in [1.29, 1.82) is 0 Å². The topological polar surface area (TPSA) is 66.5 Å². The number of anilines is 1. The number of aryl methyl sites for hydroxylation is 1. The van der Waals surface area contributed by atoms with E-state index in [4.69, 9.17) is 0 Å². The van der Waals surface area contributed by atoms with E-state index >= 15 is 0 Å². The van der Waals surface area contributed by atoms with E-state index in [0.717, 1.165) is 43.4 Å². The van der Waals surface area contributed by atoms with Gasteiger partial charge in [-0.3, -0.25) is 4.79 Å². The van der Waals surface area contributed by atoms with Gasteiger partial charge in [0.15, 0.2) is 0 Å². The minimum absolute atomic E-state index is 0.0310. The highest BCUT2D eigenvalue weighted by Crippen LogP contribution is 2.34. The lowest BCUT2D eigenvalue weighted by atomic mass is 10.1. The number of rotatable bonds is 4. The van der Waals surface area contributed by atoms with Gasteiger partial charge in [-0.2, -0.15) is 4.31 Å². The lowest BCUT2D eigenvalue weighted by Gasteiger charge is -2.13. The van der Waals surface area contributed by atoms with Gasteiger partial charge in [-0.1, -0.05) is 12.8 Å². The molecule has 3 rings (SSSR count). The van der Waals surface area contributed by atoms with Crippen LogP contribution in [0.3, 0.4) is 0 Å². The van der Waals surface area contributed by atoms with Crippen LogP contribution < -0.4 is 5.32 Å². The molecule has 2 aliphatic rings. The molecule has 2 fully saturated rings. The van der Waals surface area contributed by atoms with Crippen LogP contribution in [0.5, 0.6) is 0 Å². The highest BCUT2D eigenvalue weighted by Gasteiger charge is 2.30. The summed E-state index contributed by atoms with van der Waals surface area (Å²) in [5, 5.41) is 2.92. The van der Waals surface area contributed by atoms with Gasteiger partial charge in [-0.15, -0.1) is 11.3 Å². The molecule has 0 bridgehead atoms. The summed E-state index contributed by atoms with van der Waals surface area (Å²) < 4.78 is 27.0. The van der Waals surface area contributed by atoms with E-state index in [1.807, 2.05) is 6.92 Å². The maximum atomic E-state index is 12.6. The van der Waals surface area contributed by atoms with Crippen molar-refractivity contribution in [3.63, 3.8) is 0 Å². The average Bonchev–Trinajstić information content (AvgIpc) is 3.21. The lowest BCUT2D eigenvalue weighted by Crippen LogP contribution is -2.27. The molecule has 7 heteroatoms. The Labute approximate surface area is 135 Å². The molecule has 0 spiro atoms. The Morgan fingerprint density at radius 3 is 2.50 bits per heavy atom. The van der Waals surface area contributed by atoms with Crippen LogP contribution in [-0.4, -0.2) is 31.7 Å². The van der Waals surface area contributed by atoms with Crippen molar-refractivity contribution in [2.75, 3.05) is 18.4 Å². The molecule has 1 aliphatic carbocycles. The molecule has 122 valence electrons. The molecule has 0 atom stereocenters. The van der Waals surface area contributed by atoms with Crippen molar-refractivity contribution in [2.45, 2.75) is 49.7 Å². The molecule has 1 amide bonds. The second-order valence-corrected chi connectivity index (χ2v) is 9.54. The van der Waals surface area contributed by atoms with Gasteiger partial charge in [-0.25, -0.2) is 8.42 Å². The van der Waals surface area contributed by atoms with E-state index in [9.17, 15) is 13.2 Å². The minimum Gasteiger partial charge on any atom is -0.325 e. The molecule has 1 N–H and O–H groups in total. The molecular formula is C15H22N2O3S2. The van der Waals surface area contributed by atoms with Gasteiger partial charge >= 0.3 is 0 Å². The Morgan fingerprint density at radius 2 is 1.86 bits per heavy atom. The summed E-state index contributed by atoms with van der Waals surface area (Å²) in [7, 11) is -3.39. The Bertz CT molecular complexity index is 654. The van der Waals surface area contributed by atoms with Crippen molar-refractivity contribution < 1.29 is 13.2 Å². The van der Waals surface area contributed by atoms with Gasteiger partial charge in [0, 0.05) is 23.9 Å². The summed E-state index contributed by atoms with van der Waals surface area (Å²) in [6.45, 7) is 3.06. The molecule has 1 aliphatic heterocycles.